The number of aliphatic hydroxyl groups is 1. The van der Waals surface area contributed by atoms with E-state index in [0.29, 0.717) is 17.9 Å². The third-order valence-electron chi connectivity index (χ3n) is 5.52. The molecule has 15 heavy (non-hydrogen) atoms. The lowest BCUT2D eigenvalue weighted by molar-refractivity contribution is 0.0229. The Morgan fingerprint density at radius 2 is 2.07 bits per heavy atom. The van der Waals surface area contributed by atoms with Crippen LogP contribution in [0.2, 0.25) is 0 Å². The van der Waals surface area contributed by atoms with Crippen molar-refractivity contribution in [2.75, 3.05) is 6.61 Å². The lowest BCUT2D eigenvalue weighted by Crippen LogP contribution is -2.38. The molecule has 0 spiro atoms. The normalized spacial score (nSPS) is 47.6. The molecule has 2 saturated carbocycles. The second-order valence-corrected chi connectivity index (χ2v) is 6.33. The van der Waals surface area contributed by atoms with Crippen molar-refractivity contribution in [2.24, 2.45) is 29.1 Å². The van der Waals surface area contributed by atoms with E-state index in [0.717, 1.165) is 17.8 Å². The Kier molecular flexibility index (Phi) is 3.12. The van der Waals surface area contributed by atoms with Gasteiger partial charge in [0.2, 0.25) is 0 Å². The lowest BCUT2D eigenvalue weighted by atomic mass is 9.60. The third kappa shape index (κ3) is 1.73. The molecule has 1 nitrogen and oxygen atoms in total. The van der Waals surface area contributed by atoms with Crippen molar-refractivity contribution in [3.8, 4) is 0 Å². The van der Waals surface area contributed by atoms with E-state index < -0.39 is 0 Å². The van der Waals surface area contributed by atoms with Crippen molar-refractivity contribution < 1.29 is 5.11 Å². The Morgan fingerprint density at radius 1 is 1.33 bits per heavy atom. The van der Waals surface area contributed by atoms with E-state index in [1.165, 1.54) is 32.1 Å². The summed E-state index contributed by atoms with van der Waals surface area (Å²) < 4.78 is 0. The average molecular weight is 210 g/mol. The minimum Gasteiger partial charge on any atom is -0.396 e. The Hall–Kier alpha value is -0.0400. The minimum atomic E-state index is 0.376. The summed E-state index contributed by atoms with van der Waals surface area (Å²) in [5, 5.41) is 9.37. The van der Waals surface area contributed by atoms with E-state index in [2.05, 4.69) is 20.8 Å². The van der Waals surface area contributed by atoms with Crippen LogP contribution in [0.3, 0.4) is 0 Å². The molecule has 0 heterocycles. The summed E-state index contributed by atoms with van der Waals surface area (Å²) in [4.78, 5) is 0. The molecule has 2 fully saturated rings. The maximum Gasteiger partial charge on any atom is 0.0459 e. The largest absolute Gasteiger partial charge is 0.396 e. The highest BCUT2D eigenvalue weighted by Crippen LogP contribution is 2.59. The van der Waals surface area contributed by atoms with Gasteiger partial charge in [0.15, 0.2) is 0 Å². The fourth-order valence-corrected chi connectivity index (χ4v) is 4.67. The SMILES string of the molecule is CC1CCC[C@]2(C)C([C@H](C)CO)CC[C@@H]12. The van der Waals surface area contributed by atoms with E-state index in [1.54, 1.807) is 0 Å². The van der Waals surface area contributed by atoms with Crippen LogP contribution in [0.4, 0.5) is 0 Å². The molecule has 0 aromatic heterocycles. The molecule has 2 unspecified atom stereocenters. The van der Waals surface area contributed by atoms with Gasteiger partial charge >= 0.3 is 0 Å². The molecule has 5 atom stereocenters. The molecule has 1 N–H and O–H groups in total. The van der Waals surface area contributed by atoms with Gasteiger partial charge in [0.25, 0.3) is 0 Å². The van der Waals surface area contributed by atoms with Crippen LogP contribution in [0.1, 0.15) is 52.9 Å². The zero-order valence-electron chi connectivity index (χ0n) is 10.5. The highest BCUT2D eigenvalue weighted by Gasteiger charge is 2.51. The molecule has 1 heteroatoms. The maximum absolute atomic E-state index is 9.37. The molecule has 88 valence electrons. The molecule has 0 radical (unpaired) electrons. The first-order valence-corrected chi connectivity index (χ1v) is 6.70. The van der Waals surface area contributed by atoms with Crippen LogP contribution in [-0.2, 0) is 0 Å². The molecule has 0 saturated heterocycles. The van der Waals surface area contributed by atoms with Gasteiger partial charge in [-0.1, -0.05) is 33.6 Å². The van der Waals surface area contributed by atoms with Gasteiger partial charge in [-0.2, -0.15) is 0 Å². The van der Waals surface area contributed by atoms with Gasteiger partial charge in [-0.05, 0) is 48.3 Å². The molecule has 2 aliphatic rings. The smallest absolute Gasteiger partial charge is 0.0459 e. The molecule has 0 amide bonds. The molecule has 0 aromatic carbocycles. The predicted molar refractivity (Wildman–Crippen MR) is 63.6 cm³/mol. The van der Waals surface area contributed by atoms with Crippen molar-refractivity contribution >= 4 is 0 Å². The van der Waals surface area contributed by atoms with Crippen LogP contribution < -0.4 is 0 Å². The topological polar surface area (TPSA) is 20.2 Å². The van der Waals surface area contributed by atoms with E-state index in [4.69, 9.17) is 0 Å². The zero-order valence-corrected chi connectivity index (χ0v) is 10.5. The van der Waals surface area contributed by atoms with Gasteiger partial charge in [-0.15, -0.1) is 0 Å². The van der Waals surface area contributed by atoms with E-state index in [1.807, 2.05) is 0 Å². The second-order valence-electron chi connectivity index (χ2n) is 6.33. The fraction of sp³-hybridized carbons (Fsp3) is 1.00. The van der Waals surface area contributed by atoms with Crippen molar-refractivity contribution in [1.82, 2.24) is 0 Å². The first-order valence-electron chi connectivity index (χ1n) is 6.70. The van der Waals surface area contributed by atoms with E-state index >= 15 is 0 Å². The monoisotopic (exact) mass is 210 g/mol. The van der Waals surface area contributed by atoms with Crippen molar-refractivity contribution in [1.29, 1.82) is 0 Å². The predicted octanol–water partition coefficient (Wildman–Crippen LogP) is 3.47. The lowest BCUT2D eigenvalue weighted by Gasteiger charge is -2.45. The molecule has 0 bridgehead atoms. The van der Waals surface area contributed by atoms with Gasteiger partial charge in [-0.3, -0.25) is 0 Å². The van der Waals surface area contributed by atoms with Gasteiger partial charge in [-0.25, -0.2) is 0 Å². The fourth-order valence-electron chi connectivity index (χ4n) is 4.67. The van der Waals surface area contributed by atoms with Gasteiger partial charge in [0.1, 0.15) is 0 Å². The van der Waals surface area contributed by atoms with Crippen LogP contribution in [-0.4, -0.2) is 11.7 Å². The summed E-state index contributed by atoms with van der Waals surface area (Å²) in [6.07, 6.45) is 7.00. The van der Waals surface area contributed by atoms with Gasteiger partial charge in [0.05, 0.1) is 0 Å². The number of hydrogen-bond acceptors (Lipinski definition) is 1. The molecule has 2 rings (SSSR count). The molecular formula is C14H26O. The Bertz CT molecular complexity index is 225. The zero-order chi connectivity index (χ0) is 11.1. The Labute approximate surface area is 94.3 Å². The summed E-state index contributed by atoms with van der Waals surface area (Å²) >= 11 is 0. The van der Waals surface area contributed by atoms with Crippen LogP contribution in [0, 0.1) is 29.1 Å². The number of rotatable bonds is 2. The first-order chi connectivity index (χ1) is 7.09. The summed E-state index contributed by atoms with van der Waals surface area (Å²) in [6, 6.07) is 0. The standard InChI is InChI=1S/C14H26O/c1-10-5-4-8-14(3)12(10)6-7-13(14)11(2)9-15/h10-13,15H,4-9H2,1-3H3/t10?,11-,12+,13?,14+/m1/s1. The number of aliphatic hydroxyl groups excluding tert-OH is 1. The minimum absolute atomic E-state index is 0.376. The molecular weight excluding hydrogens is 184 g/mol. The van der Waals surface area contributed by atoms with Crippen molar-refractivity contribution in [3.05, 3.63) is 0 Å². The Balaban J connectivity index is 2.17. The number of fused-ring (bicyclic) bond motifs is 1. The van der Waals surface area contributed by atoms with E-state index in [9.17, 15) is 5.11 Å². The quantitative estimate of drug-likeness (QED) is 0.740. The summed E-state index contributed by atoms with van der Waals surface area (Å²) in [6.45, 7) is 7.55. The number of hydrogen-bond donors (Lipinski definition) is 1. The van der Waals surface area contributed by atoms with Crippen molar-refractivity contribution in [2.45, 2.75) is 52.9 Å². The third-order valence-corrected chi connectivity index (χ3v) is 5.52. The molecule has 0 aromatic rings. The van der Waals surface area contributed by atoms with Gasteiger partial charge < -0.3 is 5.11 Å². The summed E-state index contributed by atoms with van der Waals surface area (Å²) in [5.74, 6) is 3.13. The van der Waals surface area contributed by atoms with Gasteiger partial charge in [0, 0.05) is 6.61 Å². The van der Waals surface area contributed by atoms with Crippen LogP contribution in [0.25, 0.3) is 0 Å². The summed E-state index contributed by atoms with van der Waals surface area (Å²) in [7, 11) is 0. The highest BCUT2D eigenvalue weighted by atomic mass is 16.3. The van der Waals surface area contributed by atoms with Crippen molar-refractivity contribution in [3.63, 3.8) is 0 Å². The highest BCUT2D eigenvalue weighted by molar-refractivity contribution is 5.00. The Morgan fingerprint density at radius 3 is 2.73 bits per heavy atom. The van der Waals surface area contributed by atoms with E-state index in [-0.39, 0.29) is 0 Å². The maximum atomic E-state index is 9.37. The average Bonchev–Trinajstić information content (AvgIpc) is 2.56. The molecule has 0 aliphatic heterocycles. The van der Waals surface area contributed by atoms with Crippen LogP contribution >= 0.6 is 0 Å². The second kappa shape index (κ2) is 4.08. The van der Waals surface area contributed by atoms with Crippen LogP contribution in [0.15, 0.2) is 0 Å². The van der Waals surface area contributed by atoms with Crippen LogP contribution in [0.5, 0.6) is 0 Å². The first kappa shape index (κ1) is 11.4. The molecule has 2 aliphatic carbocycles. The summed E-state index contributed by atoms with van der Waals surface area (Å²) in [5.41, 5.74) is 0.541.